The summed E-state index contributed by atoms with van der Waals surface area (Å²) in [6, 6.07) is 13.8. The second kappa shape index (κ2) is 6.09. The number of rotatable bonds is 4. The lowest BCUT2D eigenvalue weighted by Crippen LogP contribution is -2.13. The quantitative estimate of drug-likeness (QED) is 0.939. The molecule has 0 unspecified atom stereocenters. The lowest BCUT2D eigenvalue weighted by molar-refractivity contribution is 0.0996. The number of nitrogens with two attached hydrogens (primary N) is 1. The van der Waals surface area contributed by atoms with E-state index in [1.807, 2.05) is 6.07 Å². The van der Waals surface area contributed by atoms with Crippen LogP contribution in [0.25, 0.3) is 0 Å². The Morgan fingerprint density at radius 2 is 2.05 bits per heavy atom. The number of hydrogen-bond donors (Lipinski definition) is 1. The van der Waals surface area contributed by atoms with Gasteiger partial charge in [0.05, 0.1) is 17.2 Å². The van der Waals surface area contributed by atoms with Crippen LogP contribution in [0.4, 0.5) is 0 Å². The molecule has 5 heteroatoms. The molecule has 0 fully saturated rings. The van der Waals surface area contributed by atoms with Crippen LogP contribution in [0.15, 0.2) is 42.5 Å². The lowest BCUT2D eigenvalue weighted by atomic mass is 10.1. The van der Waals surface area contributed by atoms with E-state index in [1.54, 1.807) is 30.3 Å². The zero-order valence-electron chi connectivity index (χ0n) is 10.5. The molecule has 0 spiro atoms. The monoisotopic (exact) mass is 286 g/mol. The summed E-state index contributed by atoms with van der Waals surface area (Å²) < 4.78 is 5.57. The molecule has 0 radical (unpaired) electrons. The van der Waals surface area contributed by atoms with E-state index in [4.69, 9.17) is 27.3 Å². The van der Waals surface area contributed by atoms with Gasteiger partial charge in [0.25, 0.3) is 5.91 Å². The topological polar surface area (TPSA) is 76.1 Å². The Morgan fingerprint density at radius 1 is 1.30 bits per heavy atom. The van der Waals surface area contributed by atoms with Gasteiger partial charge in [-0.1, -0.05) is 29.8 Å². The Morgan fingerprint density at radius 3 is 2.75 bits per heavy atom. The molecule has 2 rings (SSSR count). The van der Waals surface area contributed by atoms with E-state index in [9.17, 15) is 4.79 Å². The molecule has 0 saturated carbocycles. The van der Waals surface area contributed by atoms with Crippen LogP contribution in [-0.2, 0) is 6.61 Å². The summed E-state index contributed by atoms with van der Waals surface area (Å²) >= 11 is 5.82. The van der Waals surface area contributed by atoms with Gasteiger partial charge in [-0.25, -0.2) is 0 Å². The summed E-state index contributed by atoms with van der Waals surface area (Å²) in [5.74, 6) is -0.272. The molecular weight excluding hydrogens is 276 g/mol. The normalized spacial score (nSPS) is 9.80. The minimum Gasteiger partial charge on any atom is -0.488 e. The highest BCUT2D eigenvalue weighted by molar-refractivity contribution is 6.31. The number of hydrogen-bond acceptors (Lipinski definition) is 3. The summed E-state index contributed by atoms with van der Waals surface area (Å²) in [5, 5.41) is 9.40. The van der Waals surface area contributed by atoms with Gasteiger partial charge in [-0.2, -0.15) is 5.26 Å². The second-order valence-corrected chi connectivity index (χ2v) is 4.50. The fourth-order valence-corrected chi connectivity index (χ4v) is 1.90. The number of carbonyl (C=O) groups excluding carboxylic acids is 1. The zero-order valence-corrected chi connectivity index (χ0v) is 11.2. The molecule has 0 atom stereocenters. The number of carbonyl (C=O) groups is 1. The lowest BCUT2D eigenvalue weighted by Gasteiger charge is -2.10. The molecule has 0 bridgehead atoms. The molecule has 2 N–H and O–H groups in total. The molecule has 2 aromatic carbocycles. The third kappa shape index (κ3) is 3.08. The van der Waals surface area contributed by atoms with Gasteiger partial charge in [-0.05, 0) is 24.3 Å². The predicted octanol–water partition coefficient (Wildman–Crippen LogP) is 2.89. The van der Waals surface area contributed by atoms with Gasteiger partial charge in [-0.15, -0.1) is 0 Å². The van der Waals surface area contributed by atoms with E-state index in [2.05, 4.69) is 6.07 Å². The van der Waals surface area contributed by atoms with E-state index in [-0.39, 0.29) is 12.2 Å². The van der Waals surface area contributed by atoms with Crippen molar-refractivity contribution in [3.63, 3.8) is 0 Å². The Bertz CT molecular complexity index is 693. The van der Waals surface area contributed by atoms with Crippen LogP contribution in [0.5, 0.6) is 5.75 Å². The maximum atomic E-state index is 11.3. The van der Waals surface area contributed by atoms with Crippen molar-refractivity contribution in [2.24, 2.45) is 5.73 Å². The van der Waals surface area contributed by atoms with Gasteiger partial charge in [0.2, 0.25) is 0 Å². The van der Waals surface area contributed by atoms with Gasteiger partial charge >= 0.3 is 0 Å². The van der Waals surface area contributed by atoms with Crippen LogP contribution in [-0.4, -0.2) is 5.91 Å². The SMILES string of the molecule is N#Cc1ccccc1COc1ccc(Cl)cc1C(N)=O. The number of benzene rings is 2. The minimum absolute atomic E-state index is 0.172. The molecule has 0 aliphatic carbocycles. The third-order valence-electron chi connectivity index (χ3n) is 2.73. The first kappa shape index (κ1) is 13.9. The van der Waals surface area contributed by atoms with Crippen LogP contribution in [0.1, 0.15) is 21.5 Å². The number of halogens is 1. The maximum absolute atomic E-state index is 11.3. The highest BCUT2D eigenvalue weighted by Crippen LogP contribution is 2.23. The third-order valence-corrected chi connectivity index (χ3v) is 2.96. The van der Waals surface area contributed by atoms with Crippen molar-refractivity contribution in [2.75, 3.05) is 0 Å². The predicted molar refractivity (Wildman–Crippen MR) is 75.5 cm³/mol. The number of ether oxygens (including phenoxy) is 1. The standard InChI is InChI=1S/C15H11ClN2O2/c16-12-5-6-14(13(7-12)15(18)19)20-9-11-4-2-1-3-10(11)8-17/h1-7H,9H2,(H2,18,19). The molecule has 0 aromatic heterocycles. The van der Waals surface area contributed by atoms with Gasteiger partial charge in [-0.3, -0.25) is 4.79 Å². The fraction of sp³-hybridized carbons (Fsp3) is 0.0667. The highest BCUT2D eigenvalue weighted by atomic mass is 35.5. The summed E-state index contributed by atoms with van der Waals surface area (Å²) in [5.41, 5.74) is 6.76. The van der Waals surface area contributed by atoms with E-state index >= 15 is 0 Å². The van der Waals surface area contributed by atoms with Crippen molar-refractivity contribution < 1.29 is 9.53 Å². The fourth-order valence-electron chi connectivity index (χ4n) is 1.73. The first-order valence-electron chi connectivity index (χ1n) is 5.82. The second-order valence-electron chi connectivity index (χ2n) is 4.06. The molecule has 100 valence electrons. The largest absolute Gasteiger partial charge is 0.488 e. The van der Waals surface area contributed by atoms with E-state index < -0.39 is 5.91 Å². The van der Waals surface area contributed by atoms with Crippen molar-refractivity contribution in [1.29, 1.82) is 5.26 Å². The first-order chi connectivity index (χ1) is 9.61. The molecule has 0 heterocycles. The van der Waals surface area contributed by atoms with Crippen LogP contribution in [0.2, 0.25) is 5.02 Å². The number of amides is 1. The molecule has 2 aromatic rings. The zero-order chi connectivity index (χ0) is 14.5. The summed E-state index contributed by atoms with van der Waals surface area (Å²) in [7, 11) is 0. The van der Waals surface area contributed by atoms with Crippen molar-refractivity contribution in [3.05, 3.63) is 64.2 Å². The van der Waals surface area contributed by atoms with Gasteiger partial charge in [0, 0.05) is 10.6 Å². The summed E-state index contributed by atoms with van der Waals surface area (Å²) in [6.07, 6.45) is 0. The molecule has 0 aliphatic rings. The van der Waals surface area contributed by atoms with Crippen LogP contribution < -0.4 is 10.5 Å². The average Bonchev–Trinajstić information content (AvgIpc) is 2.46. The van der Waals surface area contributed by atoms with Gasteiger partial charge < -0.3 is 10.5 Å². The Balaban J connectivity index is 2.24. The van der Waals surface area contributed by atoms with Crippen molar-refractivity contribution in [1.82, 2.24) is 0 Å². The Labute approximate surface area is 121 Å². The van der Waals surface area contributed by atoms with Crippen LogP contribution in [0.3, 0.4) is 0 Å². The molecular formula is C15H11ClN2O2. The minimum atomic E-state index is -0.615. The number of nitriles is 1. The summed E-state index contributed by atoms with van der Waals surface area (Å²) in [4.78, 5) is 11.3. The van der Waals surface area contributed by atoms with E-state index in [0.29, 0.717) is 16.3 Å². The first-order valence-corrected chi connectivity index (χ1v) is 6.20. The van der Waals surface area contributed by atoms with Crippen molar-refractivity contribution in [3.8, 4) is 11.8 Å². The smallest absolute Gasteiger partial charge is 0.252 e. The number of primary amides is 1. The van der Waals surface area contributed by atoms with Crippen LogP contribution in [0, 0.1) is 11.3 Å². The van der Waals surface area contributed by atoms with Crippen molar-refractivity contribution >= 4 is 17.5 Å². The molecule has 0 saturated heterocycles. The van der Waals surface area contributed by atoms with E-state index in [0.717, 1.165) is 5.56 Å². The molecule has 1 amide bonds. The highest BCUT2D eigenvalue weighted by Gasteiger charge is 2.11. The summed E-state index contributed by atoms with van der Waals surface area (Å²) in [6.45, 7) is 0.172. The van der Waals surface area contributed by atoms with Crippen molar-refractivity contribution in [2.45, 2.75) is 6.61 Å². The molecule has 4 nitrogen and oxygen atoms in total. The Kier molecular flexibility index (Phi) is 4.24. The maximum Gasteiger partial charge on any atom is 0.252 e. The van der Waals surface area contributed by atoms with Gasteiger partial charge in [0.15, 0.2) is 0 Å². The van der Waals surface area contributed by atoms with Crippen LogP contribution >= 0.6 is 11.6 Å². The van der Waals surface area contributed by atoms with E-state index in [1.165, 1.54) is 6.07 Å². The molecule has 20 heavy (non-hydrogen) atoms. The Hall–Kier alpha value is -2.51. The number of nitrogens with zero attached hydrogens (tertiary/aromatic N) is 1. The average molecular weight is 287 g/mol. The molecule has 0 aliphatic heterocycles. The van der Waals surface area contributed by atoms with Gasteiger partial charge in [0.1, 0.15) is 12.4 Å².